The van der Waals surface area contributed by atoms with Crippen LogP contribution in [-0.2, 0) is 10.0 Å². The van der Waals surface area contributed by atoms with E-state index in [-0.39, 0.29) is 10.7 Å². The Labute approximate surface area is 117 Å². The van der Waals surface area contributed by atoms with Crippen LogP contribution in [0.2, 0.25) is 0 Å². The van der Waals surface area contributed by atoms with Crippen LogP contribution in [0.3, 0.4) is 0 Å². The number of ether oxygens (including phenoxy) is 1. The predicted octanol–water partition coefficient (Wildman–Crippen LogP) is 2.85. The Kier molecular flexibility index (Phi) is 2.94. The molecule has 0 aliphatic carbocycles. The molecule has 2 aromatic carbocycles. The standard InChI is InChI=1S/C14H11N2O3S/c1-19-12-8-4-3-7-11(12)15-14-10-6-2-5-9-13(10)20(17,18)16-14/h2-9H,1H3/q-1. The molecule has 3 rings (SSSR count). The number of rotatable bonds is 2. The van der Waals surface area contributed by atoms with Crippen molar-refractivity contribution in [1.82, 2.24) is 0 Å². The van der Waals surface area contributed by atoms with Crippen molar-refractivity contribution < 1.29 is 13.2 Å². The highest BCUT2D eigenvalue weighted by Gasteiger charge is 2.23. The molecule has 0 atom stereocenters. The van der Waals surface area contributed by atoms with Gasteiger partial charge in [-0.3, -0.25) is 0 Å². The molecule has 0 radical (unpaired) electrons. The first-order valence-corrected chi connectivity index (χ1v) is 7.35. The fraction of sp³-hybridized carbons (Fsp3) is 0.0714. The fourth-order valence-corrected chi connectivity index (χ4v) is 3.16. The number of sulfonamides is 1. The lowest BCUT2D eigenvalue weighted by molar-refractivity contribution is 0.416. The number of amidine groups is 1. The maximum absolute atomic E-state index is 11.9. The second-order valence-electron chi connectivity index (χ2n) is 4.17. The van der Waals surface area contributed by atoms with Gasteiger partial charge >= 0.3 is 0 Å². The van der Waals surface area contributed by atoms with Crippen LogP contribution in [0.5, 0.6) is 5.75 Å². The molecule has 1 aliphatic rings. The van der Waals surface area contributed by atoms with Crippen molar-refractivity contribution >= 4 is 21.5 Å². The second-order valence-corrected chi connectivity index (χ2v) is 5.74. The number of hydrogen-bond donors (Lipinski definition) is 0. The van der Waals surface area contributed by atoms with Crippen molar-refractivity contribution in [1.29, 1.82) is 0 Å². The average molecular weight is 287 g/mol. The lowest BCUT2D eigenvalue weighted by Crippen LogP contribution is -1.93. The van der Waals surface area contributed by atoms with Gasteiger partial charge in [-0.15, -0.1) is 0 Å². The predicted molar refractivity (Wildman–Crippen MR) is 76.2 cm³/mol. The number of benzene rings is 2. The normalized spacial score (nSPS) is 17.6. The SMILES string of the molecule is COc1ccccc1N=C1[N-]S(=O)(=O)c2ccccc21. The van der Waals surface area contributed by atoms with Crippen molar-refractivity contribution in [2.75, 3.05) is 7.11 Å². The largest absolute Gasteiger partial charge is 0.497 e. The molecule has 0 fully saturated rings. The molecule has 0 amide bonds. The molecular formula is C14H11N2O3S-. The molecule has 0 unspecified atom stereocenters. The van der Waals surface area contributed by atoms with Gasteiger partial charge in [-0.05, 0) is 23.5 Å². The highest BCUT2D eigenvalue weighted by molar-refractivity contribution is 7.95. The van der Waals surface area contributed by atoms with Crippen molar-refractivity contribution in [2.24, 2.45) is 4.99 Å². The van der Waals surface area contributed by atoms with Crippen LogP contribution < -0.4 is 4.74 Å². The van der Waals surface area contributed by atoms with Gasteiger partial charge in [0.25, 0.3) is 0 Å². The molecular weight excluding hydrogens is 276 g/mol. The van der Waals surface area contributed by atoms with Crippen molar-refractivity contribution in [2.45, 2.75) is 4.90 Å². The van der Waals surface area contributed by atoms with E-state index in [4.69, 9.17) is 4.74 Å². The van der Waals surface area contributed by atoms with Crippen molar-refractivity contribution in [3.05, 3.63) is 58.8 Å². The van der Waals surface area contributed by atoms with E-state index in [1.165, 1.54) is 13.2 Å². The maximum atomic E-state index is 11.9. The highest BCUT2D eigenvalue weighted by Crippen LogP contribution is 2.35. The molecule has 0 saturated heterocycles. The van der Waals surface area contributed by atoms with Crippen molar-refractivity contribution in [3.8, 4) is 5.75 Å². The van der Waals surface area contributed by atoms with Gasteiger partial charge in [0.05, 0.1) is 12.0 Å². The summed E-state index contributed by atoms with van der Waals surface area (Å²) in [5, 5.41) is 0. The molecule has 2 aromatic rings. The lowest BCUT2D eigenvalue weighted by Gasteiger charge is -2.13. The minimum Gasteiger partial charge on any atom is -0.497 e. The Morgan fingerprint density at radius 1 is 1.05 bits per heavy atom. The van der Waals surface area contributed by atoms with E-state index in [1.54, 1.807) is 36.4 Å². The second kappa shape index (κ2) is 4.64. The van der Waals surface area contributed by atoms with Crippen LogP contribution in [0, 0.1) is 0 Å². The Bertz CT molecular complexity index is 798. The molecule has 1 heterocycles. The summed E-state index contributed by atoms with van der Waals surface area (Å²) < 4.78 is 32.8. The summed E-state index contributed by atoms with van der Waals surface area (Å²) in [7, 11) is -2.10. The van der Waals surface area contributed by atoms with E-state index < -0.39 is 10.0 Å². The Morgan fingerprint density at radius 2 is 1.75 bits per heavy atom. The fourth-order valence-electron chi connectivity index (χ4n) is 2.01. The van der Waals surface area contributed by atoms with E-state index in [0.717, 1.165) is 0 Å². The van der Waals surface area contributed by atoms with Gasteiger partial charge in [0.15, 0.2) is 0 Å². The zero-order valence-corrected chi connectivity index (χ0v) is 11.5. The van der Waals surface area contributed by atoms with E-state index in [9.17, 15) is 8.42 Å². The topological polar surface area (TPSA) is 69.8 Å². The van der Waals surface area contributed by atoms with Crippen molar-refractivity contribution in [3.63, 3.8) is 0 Å². The Balaban J connectivity index is 2.15. The first-order chi connectivity index (χ1) is 9.62. The summed E-state index contributed by atoms with van der Waals surface area (Å²) in [6.07, 6.45) is 0. The lowest BCUT2D eigenvalue weighted by atomic mass is 10.2. The zero-order chi connectivity index (χ0) is 14.2. The third-order valence-corrected chi connectivity index (χ3v) is 4.25. The van der Waals surface area contributed by atoms with Crippen LogP contribution in [0.1, 0.15) is 5.56 Å². The first-order valence-electron chi connectivity index (χ1n) is 5.91. The van der Waals surface area contributed by atoms with Gasteiger partial charge in [-0.25, -0.2) is 8.42 Å². The Morgan fingerprint density at radius 3 is 2.55 bits per heavy atom. The molecule has 0 aromatic heterocycles. The molecule has 0 bridgehead atoms. The molecule has 0 N–H and O–H groups in total. The molecule has 1 aliphatic heterocycles. The van der Waals surface area contributed by atoms with Crippen LogP contribution in [0.4, 0.5) is 5.69 Å². The number of nitrogens with zero attached hydrogens (tertiary/aromatic N) is 2. The number of fused-ring (bicyclic) bond motifs is 1. The van der Waals surface area contributed by atoms with Gasteiger partial charge in [0.1, 0.15) is 5.75 Å². The summed E-state index contributed by atoms with van der Waals surface area (Å²) >= 11 is 0. The minimum absolute atomic E-state index is 0.185. The summed E-state index contributed by atoms with van der Waals surface area (Å²) in [6.45, 7) is 0. The van der Waals surface area contributed by atoms with Gasteiger partial charge in [0, 0.05) is 5.69 Å². The monoisotopic (exact) mass is 287 g/mol. The molecule has 5 nitrogen and oxygen atoms in total. The van der Waals surface area contributed by atoms with E-state index in [0.29, 0.717) is 17.0 Å². The molecule has 20 heavy (non-hydrogen) atoms. The number of aliphatic imine (C=N–C) groups is 1. The summed E-state index contributed by atoms with van der Waals surface area (Å²) in [4.78, 5) is 4.50. The van der Waals surface area contributed by atoms with Crippen LogP contribution >= 0.6 is 0 Å². The van der Waals surface area contributed by atoms with E-state index in [1.807, 2.05) is 6.07 Å². The van der Waals surface area contributed by atoms with Crippen LogP contribution in [-0.4, -0.2) is 21.4 Å². The van der Waals surface area contributed by atoms with Gasteiger partial charge in [0.2, 0.25) is 10.0 Å². The van der Waals surface area contributed by atoms with Crippen LogP contribution in [0.15, 0.2) is 58.4 Å². The number of hydrogen-bond acceptors (Lipinski definition) is 4. The van der Waals surface area contributed by atoms with E-state index in [2.05, 4.69) is 9.71 Å². The van der Waals surface area contributed by atoms with Gasteiger partial charge in [-0.1, -0.05) is 36.4 Å². The highest BCUT2D eigenvalue weighted by atomic mass is 32.2. The van der Waals surface area contributed by atoms with Gasteiger partial charge < -0.3 is 14.5 Å². The molecule has 102 valence electrons. The molecule has 0 saturated carbocycles. The molecule has 6 heteroatoms. The molecule has 0 spiro atoms. The third-order valence-electron chi connectivity index (χ3n) is 2.92. The zero-order valence-electron chi connectivity index (χ0n) is 10.6. The number of methoxy groups -OCH3 is 1. The minimum atomic E-state index is -3.64. The third kappa shape index (κ3) is 2.04. The summed E-state index contributed by atoms with van der Waals surface area (Å²) in [5.41, 5.74) is 1.05. The maximum Gasteiger partial charge on any atom is 0.202 e. The summed E-state index contributed by atoms with van der Waals surface area (Å²) in [6, 6.07) is 13.8. The van der Waals surface area contributed by atoms with Crippen LogP contribution in [0.25, 0.3) is 4.72 Å². The quantitative estimate of drug-likeness (QED) is 0.852. The number of para-hydroxylation sites is 2. The average Bonchev–Trinajstić information content (AvgIpc) is 2.71. The summed E-state index contributed by atoms with van der Waals surface area (Å²) in [5.74, 6) is 0.752. The van der Waals surface area contributed by atoms with Gasteiger partial charge in [-0.2, -0.15) is 0 Å². The smallest absolute Gasteiger partial charge is 0.202 e. The Hall–Kier alpha value is -2.34. The van der Waals surface area contributed by atoms with E-state index >= 15 is 0 Å². The first kappa shape index (κ1) is 12.7.